The largest absolute Gasteiger partial charge is 0.484 e. The van der Waals surface area contributed by atoms with E-state index in [1.165, 1.54) is 0 Å². The number of nitrogens with zero attached hydrogens (tertiary/aromatic N) is 2. The predicted molar refractivity (Wildman–Crippen MR) is 125 cm³/mol. The molecule has 0 aliphatic heterocycles. The van der Waals surface area contributed by atoms with Crippen LogP contribution >= 0.6 is 46.4 Å². The summed E-state index contributed by atoms with van der Waals surface area (Å²) in [6, 6.07) is 15.5. The van der Waals surface area contributed by atoms with Crippen molar-refractivity contribution in [3.05, 3.63) is 98.0 Å². The highest BCUT2D eigenvalue weighted by molar-refractivity contribution is 6.35. The Bertz CT molecular complexity index is 1270. The van der Waals surface area contributed by atoms with E-state index in [1.54, 1.807) is 59.4 Å². The average molecular weight is 511 g/mol. The molecule has 0 saturated carbocycles. The summed E-state index contributed by atoms with van der Waals surface area (Å²) in [5.41, 5.74) is 0.808. The molecule has 0 fully saturated rings. The molecule has 2 aromatic heterocycles. The molecule has 0 saturated heterocycles. The number of furan rings is 1. The molecule has 0 aliphatic carbocycles. The summed E-state index contributed by atoms with van der Waals surface area (Å²) < 4.78 is 12.7. The average Bonchev–Trinajstić information content (AvgIpc) is 3.36. The summed E-state index contributed by atoms with van der Waals surface area (Å²) in [7, 11) is 0. The standard InChI is InChI=1S/C22H15Cl4N3O3/c23-14-6-5-13(17(25)9-14)10-29-11-18(26)21(28-29)27-22(30)20-8-7-15(32-20)12-31-19-4-2-1-3-16(19)24/h1-9,11H,10,12H2,(H,27,28,30). The predicted octanol–water partition coefficient (Wildman–Crippen LogP) is 6.97. The molecule has 10 heteroatoms. The number of hydrogen-bond acceptors (Lipinski definition) is 4. The van der Waals surface area contributed by atoms with Crippen molar-refractivity contribution in [1.29, 1.82) is 0 Å². The van der Waals surface area contributed by atoms with Gasteiger partial charge in [-0.3, -0.25) is 9.48 Å². The van der Waals surface area contributed by atoms with Crippen LogP contribution in [0.4, 0.5) is 5.82 Å². The van der Waals surface area contributed by atoms with Gasteiger partial charge in [-0.15, -0.1) is 0 Å². The number of anilines is 1. The number of rotatable bonds is 7. The molecule has 0 bridgehead atoms. The summed E-state index contributed by atoms with van der Waals surface area (Å²) in [5, 5.41) is 8.76. The lowest BCUT2D eigenvalue weighted by Crippen LogP contribution is -2.12. The van der Waals surface area contributed by atoms with Gasteiger partial charge in [-0.05, 0) is 42.0 Å². The van der Waals surface area contributed by atoms with Crippen LogP contribution in [0.1, 0.15) is 21.9 Å². The van der Waals surface area contributed by atoms with E-state index in [0.29, 0.717) is 33.1 Å². The first-order chi connectivity index (χ1) is 15.4. The van der Waals surface area contributed by atoms with Crippen molar-refractivity contribution < 1.29 is 13.9 Å². The Balaban J connectivity index is 1.39. The number of halogens is 4. The van der Waals surface area contributed by atoms with Gasteiger partial charge in [-0.1, -0.05) is 64.6 Å². The summed E-state index contributed by atoms with van der Waals surface area (Å²) in [4.78, 5) is 12.6. The highest BCUT2D eigenvalue weighted by atomic mass is 35.5. The zero-order chi connectivity index (χ0) is 22.7. The van der Waals surface area contributed by atoms with E-state index < -0.39 is 5.91 Å². The number of aromatic nitrogens is 2. The number of amides is 1. The van der Waals surface area contributed by atoms with Gasteiger partial charge in [0.25, 0.3) is 5.91 Å². The van der Waals surface area contributed by atoms with Gasteiger partial charge in [0.05, 0.1) is 11.6 Å². The molecule has 164 valence electrons. The van der Waals surface area contributed by atoms with Crippen molar-refractivity contribution in [2.24, 2.45) is 0 Å². The molecule has 0 aliphatic rings. The van der Waals surface area contributed by atoms with Crippen molar-refractivity contribution in [1.82, 2.24) is 9.78 Å². The fraction of sp³-hybridized carbons (Fsp3) is 0.0909. The van der Waals surface area contributed by atoms with Gasteiger partial charge in [-0.25, -0.2) is 0 Å². The number of benzene rings is 2. The van der Waals surface area contributed by atoms with Crippen LogP contribution in [0.5, 0.6) is 5.75 Å². The summed E-state index contributed by atoms with van der Waals surface area (Å²) in [6.07, 6.45) is 1.59. The van der Waals surface area contributed by atoms with Crippen molar-refractivity contribution in [2.45, 2.75) is 13.2 Å². The number of hydrogen-bond donors (Lipinski definition) is 1. The van der Waals surface area contributed by atoms with Crippen LogP contribution in [0.2, 0.25) is 20.1 Å². The van der Waals surface area contributed by atoms with Crippen LogP contribution in [-0.2, 0) is 13.2 Å². The van der Waals surface area contributed by atoms with Crippen molar-refractivity contribution in [2.75, 3.05) is 5.32 Å². The summed E-state index contributed by atoms with van der Waals surface area (Å²) in [6.45, 7) is 0.476. The second-order valence-electron chi connectivity index (χ2n) is 6.70. The van der Waals surface area contributed by atoms with Gasteiger partial charge < -0.3 is 14.5 Å². The molecule has 6 nitrogen and oxygen atoms in total. The third kappa shape index (κ3) is 5.40. The first kappa shape index (κ1) is 22.6. The van der Waals surface area contributed by atoms with E-state index in [0.717, 1.165) is 5.56 Å². The second kappa shape index (κ2) is 9.88. The van der Waals surface area contributed by atoms with E-state index in [4.69, 9.17) is 55.6 Å². The number of ether oxygens (including phenoxy) is 1. The van der Waals surface area contributed by atoms with E-state index in [2.05, 4.69) is 10.4 Å². The van der Waals surface area contributed by atoms with Crippen LogP contribution in [0, 0.1) is 0 Å². The molecule has 0 spiro atoms. The number of carbonyl (C=O) groups excluding carboxylic acids is 1. The molecule has 0 atom stereocenters. The fourth-order valence-corrected chi connectivity index (χ4v) is 3.70. The normalized spacial score (nSPS) is 10.9. The zero-order valence-electron chi connectivity index (χ0n) is 16.3. The van der Waals surface area contributed by atoms with E-state index >= 15 is 0 Å². The van der Waals surface area contributed by atoms with Crippen LogP contribution in [0.25, 0.3) is 0 Å². The Morgan fingerprint density at radius 1 is 1.00 bits per heavy atom. The molecular weight excluding hydrogens is 496 g/mol. The lowest BCUT2D eigenvalue weighted by atomic mass is 10.2. The monoisotopic (exact) mass is 509 g/mol. The zero-order valence-corrected chi connectivity index (χ0v) is 19.3. The van der Waals surface area contributed by atoms with Gasteiger partial charge >= 0.3 is 0 Å². The molecule has 0 unspecified atom stereocenters. The Morgan fingerprint density at radius 2 is 1.81 bits per heavy atom. The first-order valence-electron chi connectivity index (χ1n) is 9.33. The summed E-state index contributed by atoms with van der Waals surface area (Å²) in [5.74, 6) is 0.783. The maximum Gasteiger partial charge on any atom is 0.292 e. The molecule has 32 heavy (non-hydrogen) atoms. The lowest BCUT2D eigenvalue weighted by Gasteiger charge is -2.06. The van der Waals surface area contributed by atoms with Crippen molar-refractivity contribution in [3.8, 4) is 5.75 Å². The van der Waals surface area contributed by atoms with E-state index in [-0.39, 0.29) is 23.2 Å². The quantitative estimate of drug-likeness (QED) is 0.291. The molecule has 1 amide bonds. The third-order valence-corrected chi connectivity index (χ3v) is 5.56. The smallest absolute Gasteiger partial charge is 0.292 e. The van der Waals surface area contributed by atoms with Gasteiger partial charge in [0.1, 0.15) is 23.1 Å². The maximum atomic E-state index is 12.6. The molecule has 4 rings (SSSR count). The minimum Gasteiger partial charge on any atom is -0.484 e. The Kier molecular flexibility index (Phi) is 6.96. The number of para-hydroxylation sites is 1. The molecule has 1 N–H and O–H groups in total. The molecule has 2 aromatic carbocycles. The fourth-order valence-electron chi connectivity index (χ4n) is 2.84. The molecule has 2 heterocycles. The topological polar surface area (TPSA) is 69.3 Å². The van der Waals surface area contributed by atoms with Crippen LogP contribution < -0.4 is 10.1 Å². The van der Waals surface area contributed by atoms with Gasteiger partial charge in [0.2, 0.25) is 0 Å². The maximum absolute atomic E-state index is 12.6. The Hall–Kier alpha value is -2.64. The highest BCUT2D eigenvalue weighted by Crippen LogP contribution is 2.26. The van der Waals surface area contributed by atoms with Gasteiger partial charge in [0, 0.05) is 16.2 Å². The first-order valence-corrected chi connectivity index (χ1v) is 10.8. The molecule has 4 aromatic rings. The van der Waals surface area contributed by atoms with Crippen LogP contribution in [0.15, 0.2) is 65.2 Å². The van der Waals surface area contributed by atoms with E-state index in [9.17, 15) is 4.79 Å². The lowest BCUT2D eigenvalue weighted by molar-refractivity contribution is 0.0992. The van der Waals surface area contributed by atoms with Gasteiger partial charge in [-0.2, -0.15) is 5.10 Å². The number of carbonyl (C=O) groups is 1. The van der Waals surface area contributed by atoms with Crippen LogP contribution in [-0.4, -0.2) is 15.7 Å². The van der Waals surface area contributed by atoms with Crippen molar-refractivity contribution in [3.63, 3.8) is 0 Å². The highest BCUT2D eigenvalue weighted by Gasteiger charge is 2.16. The Morgan fingerprint density at radius 3 is 2.59 bits per heavy atom. The van der Waals surface area contributed by atoms with Crippen LogP contribution in [0.3, 0.4) is 0 Å². The summed E-state index contributed by atoms with van der Waals surface area (Å²) >= 11 is 24.4. The number of nitrogens with one attached hydrogen (secondary N) is 1. The molecular formula is C22H15Cl4N3O3. The third-order valence-electron chi connectivity index (χ3n) is 4.39. The SMILES string of the molecule is O=C(Nc1nn(Cc2ccc(Cl)cc2Cl)cc1Cl)c1ccc(COc2ccccc2Cl)o1. The minimum absolute atomic E-state index is 0.0918. The Labute approximate surface area is 203 Å². The minimum atomic E-state index is -0.495. The molecule has 0 radical (unpaired) electrons. The van der Waals surface area contributed by atoms with E-state index in [1.807, 2.05) is 6.07 Å². The second-order valence-corrected chi connectivity index (χ2v) is 8.36. The van der Waals surface area contributed by atoms with Gasteiger partial charge in [0.15, 0.2) is 11.6 Å². The van der Waals surface area contributed by atoms with Crippen molar-refractivity contribution >= 4 is 58.1 Å².